The van der Waals surface area contributed by atoms with Gasteiger partial charge in [0.25, 0.3) is 0 Å². The summed E-state index contributed by atoms with van der Waals surface area (Å²) in [4.78, 5) is 0. The van der Waals surface area contributed by atoms with E-state index in [-0.39, 0.29) is 24.0 Å². The maximum atomic E-state index is 13.1. The smallest absolute Gasteiger partial charge is 0.123 e. The molecule has 2 aromatic rings. The summed E-state index contributed by atoms with van der Waals surface area (Å²) in [6.45, 7) is 2.37. The van der Waals surface area contributed by atoms with Crippen molar-refractivity contribution >= 4 is 12.4 Å². The summed E-state index contributed by atoms with van der Waals surface area (Å²) < 4.78 is 31.8. The van der Waals surface area contributed by atoms with Gasteiger partial charge in [-0.3, -0.25) is 0 Å². The van der Waals surface area contributed by atoms with Crippen LogP contribution >= 0.6 is 12.4 Å². The molecule has 1 saturated heterocycles. The molecular formula is C18H20ClF2NO. The highest BCUT2D eigenvalue weighted by atomic mass is 35.5. The van der Waals surface area contributed by atoms with E-state index >= 15 is 0 Å². The number of ether oxygens (including phenoxy) is 1. The van der Waals surface area contributed by atoms with Crippen molar-refractivity contribution in [3.8, 4) is 5.75 Å². The average molecular weight is 340 g/mol. The van der Waals surface area contributed by atoms with Crippen molar-refractivity contribution < 1.29 is 13.5 Å². The largest absolute Gasteiger partial charge is 0.493 e. The summed E-state index contributed by atoms with van der Waals surface area (Å²) in [6, 6.07) is 12.8. The van der Waals surface area contributed by atoms with Gasteiger partial charge in [-0.15, -0.1) is 12.4 Å². The minimum absolute atomic E-state index is 0. The molecule has 1 fully saturated rings. The van der Waals surface area contributed by atoms with Gasteiger partial charge in [0.15, 0.2) is 0 Å². The molecular weight excluding hydrogens is 320 g/mol. The number of halogens is 3. The highest BCUT2D eigenvalue weighted by Crippen LogP contribution is 2.31. The van der Waals surface area contributed by atoms with E-state index in [2.05, 4.69) is 5.32 Å². The molecule has 1 N–H and O–H groups in total. The predicted octanol–water partition coefficient (Wildman–Crippen LogP) is 4.16. The molecule has 2 aromatic carbocycles. The molecule has 5 heteroatoms. The van der Waals surface area contributed by atoms with Crippen LogP contribution in [0.3, 0.4) is 0 Å². The van der Waals surface area contributed by atoms with E-state index in [9.17, 15) is 8.78 Å². The van der Waals surface area contributed by atoms with E-state index in [0.29, 0.717) is 24.2 Å². The zero-order valence-electron chi connectivity index (χ0n) is 12.7. The Morgan fingerprint density at radius 2 is 1.57 bits per heavy atom. The molecule has 0 saturated carbocycles. The predicted molar refractivity (Wildman–Crippen MR) is 89.3 cm³/mol. The van der Waals surface area contributed by atoms with Gasteiger partial charge in [-0.25, -0.2) is 8.78 Å². The van der Waals surface area contributed by atoms with Crippen molar-refractivity contribution in [2.75, 3.05) is 19.7 Å². The van der Waals surface area contributed by atoms with Gasteiger partial charge < -0.3 is 10.1 Å². The van der Waals surface area contributed by atoms with Crippen molar-refractivity contribution in [2.24, 2.45) is 5.92 Å². The second-order valence-corrected chi connectivity index (χ2v) is 5.68. The van der Waals surface area contributed by atoms with Crippen LogP contribution in [-0.4, -0.2) is 19.7 Å². The first kappa shape index (κ1) is 17.7. The van der Waals surface area contributed by atoms with Crippen LogP contribution < -0.4 is 10.1 Å². The molecule has 0 bridgehead atoms. The fourth-order valence-corrected chi connectivity index (χ4v) is 2.98. The topological polar surface area (TPSA) is 21.3 Å². The minimum Gasteiger partial charge on any atom is -0.493 e. The lowest BCUT2D eigenvalue weighted by atomic mass is 9.81. The van der Waals surface area contributed by atoms with E-state index < -0.39 is 0 Å². The van der Waals surface area contributed by atoms with Crippen molar-refractivity contribution in [1.82, 2.24) is 5.32 Å². The highest BCUT2D eigenvalue weighted by molar-refractivity contribution is 5.85. The Morgan fingerprint density at radius 3 is 2.22 bits per heavy atom. The van der Waals surface area contributed by atoms with Gasteiger partial charge in [-0.05, 0) is 60.8 Å². The van der Waals surface area contributed by atoms with Crippen LogP contribution in [0, 0.1) is 17.6 Å². The molecule has 0 aromatic heterocycles. The maximum Gasteiger partial charge on any atom is 0.123 e. The van der Waals surface area contributed by atoms with Crippen LogP contribution in [0.25, 0.3) is 0 Å². The summed E-state index contributed by atoms with van der Waals surface area (Å²) in [5.41, 5.74) is 1.15. The highest BCUT2D eigenvalue weighted by Gasteiger charge is 2.27. The van der Waals surface area contributed by atoms with Crippen molar-refractivity contribution in [2.45, 2.75) is 12.3 Å². The molecule has 0 aliphatic carbocycles. The summed E-state index contributed by atoms with van der Waals surface area (Å²) in [7, 11) is 0. The van der Waals surface area contributed by atoms with Gasteiger partial charge in [0.1, 0.15) is 17.4 Å². The molecule has 1 aliphatic heterocycles. The molecule has 0 spiro atoms. The minimum atomic E-state index is -0.268. The average Bonchev–Trinajstić information content (AvgIpc) is 2.55. The molecule has 0 unspecified atom stereocenters. The van der Waals surface area contributed by atoms with Crippen molar-refractivity contribution in [3.63, 3.8) is 0 Å². The zero-order chi connectivity index (χ0) is 15.4. The molecule has 124 valence electrons. The summed E-state index contributed by atoms with van der Waals surface area (Å²) in [5, 5.41) is 3.38. The third-order valence-electron chi connectivity index (χ3n) is 4.18. The lowest BCUT2D eigenvalue weighted by Crippen LogP contribution is -2.38. The molecule has 1 heterocycles. The number of piperidine rings is 1. The fourth-order valence-electron chi connectivity index (χ4n) is 2.98. The Labute approximate surface area is 141 Å². The Morgan fingerprint density at radius 1 is 0.957 bits per heavy atom. The van der Waals surface area contributed by atoms with Crippen molar-refractivity contribution in [3.05, 3.63) is 65.7 Å². The van der Waals surface area contributed by atoms with E-state index in [1.54, 1.807) is 12.1 Å². The number of benzene rings is 2. The number of rotatable bonds is 4. The van der Waals surface area contributed by atoms with Crippen molar-refractivity contribution in [1.29, 1.82) is 0 Å². The van der Waals surface area contributed by atoms with E-state index in [0.717, 1.165) is 25.1 Å². The summed E-state index contributed by atoms with van der Waals surface area (Å²) in [6.07, 6.45) is 1.00. The SMILES string of the molecule is Cl.Fc1ccc(OC[C@@H]2CNCC[C@H]2c2ccc(F)cc2)cc1. The molecule has 0 amide bonds. The van der Waals surface area contributed by atoms with Gasteiger partial charge in [0.05, 0.1) is 6.61 Å². The van der Waals surface area contributed by atoms with Crippen LogP contribution in [0.1, 0.15) is 17.9 Å². The normalized spacial score (nSPS) is 20.6. The second kappa shape index (κ2) is 8.27. The third kappa shape index (κ3) is 4.66. The van der Waals surface area contributed by atoms with E-state index in [1.165, 1.54) is 24.3 Å². The molecule has 1 aliphatic rings. The number of hydrogen-bond acceptors (Lipinski definition) is 2. The van der Waals surface area contributed by atoms with Gasteiger partial charge >= 0.3 is 0 Å². The Kier molecular flexibility index (Phi) is 6.37. The van der Waals surface area contributed by atoms with Gasteiger partial charge in [-0.1, -0.05) is 12.1 Å². The molecule has 23 heavy (non-hydrogen) atoms. The molecule has 2 nitrogen and oxygen atoms in total. The van der Waals surface area contributed by atoms with Gasteiger partial charge in [0.2, 0.25) is 0 Å². The van der Waals surface area contributed by atoms with Crippen LogP contribution in [0.4, 0.5) is 8.78 Å². The van der Waals surface area contributed by atoms with Crippen LogP contribution in [0.5, 0.6) is 5.75 Å². The third-order valence-corrected chi connectivity index (χ3v) is 4.18. The quantitative estimate of drug-likeness (QED) is 0.903. The standard InChI is InChI=1S/C18H19F2NO.ClH/c19-15-3-1-13(2-4-15)18-9-10-21-11-14(18)12-22-17-7-5-16(20)6-8-17;/h1-8,14,18,21H,9-12H2;1H/t14-,18-;/m0./s1. The Hall–Kier alpha value is -1.65. The number of hydrogen-bond donors (Lipinski definition) is 1. The first-order valence-corrected chi connectivity index (χ1v) is 7.57. The monoisotopic (exact) mass is 339 g/mol. The second-order valence-electron chi connectivity index (χ2n) is 5.68. The van der Waals surface area contributed by atoms with Gasteiger partial charge in [0, 0.05) is 12.5 Å². The molecule has 3 rings (SSSR count). The van der Waals surface area contributed by atoms with E-state index in [4.69, 9.17) is 4.74 Å². The first-order chi connectivity index (χ1) is 10.7. The molecule has 0 radical (unpaired) electrons. The summed E-state index contributed by atoms with van der Waals surface area (Å²) >= 11 is 0. The Balaban J connectivity index is 0.00000192. The van der Waals surface area contributed by atoms with E-state index in [1.807, 2.05) is 12.1 Å². The lowest BCUT2D eigenvalue weighted by molar-refractivity contribution is 0.197. The lowest BCUT2D eigenvalue weighted by Gasteiger charge is -2.32. The fraction of sp³-hybridized carbons (Fsp3) is 0.333. The molecule has 2 atom stereocenters. The maximum absolute atomic E-state index is 13.1. The van der Waals surface area contributed by atoms with Gasteiger partial charge in [-0.2, -0.15) is 0 Å². The summed E-state index contributed by atoms with van der Waals surface area (Å²) in [5.74, 6) is 0.851. The van der Waals surface area contributed by atoms with Crippen LogP contribution in [-0.2, 0) is 0 Å². The Bertz CT molecular complexity index is 603. The first-order valence-electron chi connectivity index (χ1n) is 7.57. The zero-order valence-corrected chi connectivity index (χ0v) is 13.5. The van der Waals surface area contributed by atoms with Crippen LogP contribution in [0.2, 0.25) is 0 Å². The number of nitrogens with one attached hydrogen (secondary N) is 1. The van der Waals surface area contributed by atoms with Crippen LogP contribution in [0.15, 0.2) is 48.5 Å².